The molecule has 8 heteroatoms. The predicted octanol–water partition coefficient (Wildman–Crippen LogP) is 4.52. The van der Waals surface area contributed by atoms with Crippen molar-refractivity contribution in [1.29, 1.82) is 0 Å². The van der Waals surface area contributed by atoms with Gasteiger partial charge in [0.05, 0.1) is 11.1 Å². The van der Waals surface area contributed by atoms with Crippen LogP contribution in [-0.4, -0.2) is 40.8 Å². The Bertz CT molecular complexity index is 695. The van der Waals surface area contributed by atoms with Crippen LogP contribution in [-0.2, 0) is 10.9 Å². The summed E-state index contributed by atoms with van der Waals surface area (Å²) in [6, 6.07) is 3.25. The van der Waals surface area contributed by atoms with Crippen LogP contribution in [0.5, 0.6) is 0 Å². The molecular weight excluding hydrogens is 351 g/mol. The van der Waals surface area contributed by atoms with E-state index in [1.807, 2.05) is 0 Å². The summed E-state index contributed by atoms with van der Waals surface area (Å²) in [7, 11) is 0. The van der Waals surface area contributed by atoms with Gasteiger partial charge in [0.15, 0.2) is 0 Å². The van der Waals surface area contributed by atoms with Crippen LogP contribution in [0, 0.1) is 0 Å². The monoisotopic (exact) mass is 373 g/mol. The van der Waals surface area contributed by atoms with E-state index in [-0.39, 0.29) is 12.5 Å². The number of rotatable bonds is 2. The summed E-state index contributed by atoms with van der Waals surface area (Å²) < 4.78 is 44.9. The van der Waals surface area contributed by atoms with Crippen LogP contribution >= 0.6 is 0 Å². The van der Waals surface area contributed by atoms with Gasteiger partial charge in [-0.25, -0.2) is 9.59 Å². The van der Waals surface area contributed by atoms with Crippen LogP contribution in [0.3, 0.4) is 0 Å². The third-order valence-corrected chi connectivity index (χ3v) is 4.12. The van der Waals surface area contributed by atoms with Crippen LogP contribution in [0.25, 0.3) is 0 Å². The van der Waals surface area contributed by atoms with Gasteiger partial charge in [0.25, 0.3) is 0 Å². The van der Waals surface area contributed by atoms with Gasteiger partial charge in [-0.1, -0.05) is 6.07 Å². The summed E-state index contributed by atoms with van der Waals surface area (Å²) in [5.74, 6) is -1.93. The highest BCUT2D eigenvalue weighted by Crippen LogP contribution is 2.36. The lowest BCUT2D eigenvalue weighted by molar-refractivity contribution is -0.138. The molecule has 0 bridgehead atoms. The first kappa shape index (κ1) is 20.1. The van der Waals surface area contributed by atoms with Crippen LogP contribution in [0.15, 0.2) is 18.2 Å². The molecule has 1 N–H and O–H groups in total. The molecule has 0 aliphatic carbocycles. The van der Waals surface area contributed by atoms with Crippen molar-refractivity contribution in [3.05, 3.63) is 34.9 Å². The summed E-state index contributed by atoms with van der Waals surface area (Å²) in [6.07, 6.45) is -4.02. The van der Waals surface area contributed by atoms with Crippen molar-refractivity contribution in [1.82, 2.24) is 4.90 Å². The number of carboxylic acid groups (broad SMARTS) is 1. The Labute approximate surface area is 149 Å². The van der Waals surface area contributed by atoms with Gasteiger partial charge in [-0.15, -0.1) is 0 Å². The van der Waals surface area contributed by atoms with Gasteiger partial charge in [0, 0.05) is 19.0 Å². The van der Waals surface area contributed by atoms with Crippen LogP contribution in [0.4, 0.5) is 18.0 Å². The van der Waals surface area contributed by atoms with Crippen LogP contribution in [0.1, 0.15) is 61.0 Å². The minimum atomic E-state index is -4.76. The van der Waals surface area contributed by atoms with Crippen molar-refractivity contribution >= 4 is 12.1 Å². The smallest absolute Gasteiger partial charge is 0.417 e. The summed E-state index contributed by atoms with van der Waals surface area (Å²) in [5, 5.41) is 8.98. The number of carbonyl (C=O) groups is 2. The normalized spacial score (nSPS) is 18.5. The minimum absolute atomic E-state index is 0.235. The number of likely N-dealkylation sites (tertiary alicyclic amines) is 1. The molecule has 1 heterocycles. The van der Waals surface area contributed by atoms with E-state index in [9.17, 15) is 22.8 Å². The van der Waals surface area contributed by atoms with Crippen molar-refractivity contribution in [2.75, 3.05) is 13.1 Å². The Morgan fingerprint density at radius 1 is 1.23 bits per heavy atom. The molecule has 144 valence electrons. The SMILES string of the molecule is CC(C)(C)OC(=O)N1CCCC(c2ccc(C(=O)O)c(C(F)(F)F)c2)C1. The van der Waals surface area contributed by atoms with Gasteiger partial charge in [0.1, 0.15) is 5.60 Å². The highest BCUT2D eigenvalue weighted by molar-refractivity contribution is 5.89. The second-order valence-corrected chi connectivity index (χ2v) is 7.37. The van der Waals surface area contributed by atoms with Crippen LogP contribution < -0.4 is 0 Å². The van der Waals surface area contributed by atoms with E-state index in [1.54, 1.807) is 20.8 Å². The number of nitrogens with zero attached hydrogens (tertiary/aromatic N) is 1. The average Bonchev–Trinajstić information content (AvgIpc) is 2.52. The van der Waals surface area contributed by atoms with Gasteiger partial charge in [-0.3, -0.25) is 0 Å². The maximum Gasteiger partial charge on any atom is 0.417 e. The fraction of sp³-hybridized carbons (Fsp3) is 0.556. The first-order chi connectivity index (χ1) is 11.9. The van der Waals surface area contributed by atoms with Crippen LogP contribution in [0.2, 0.25) is 0 Å². The molecule has 5 nitrogen and oxygen atoms in total. The number of hydrogen-bond acceptors (Lipinski definition) is 3. The Kier molecular flexibility index (Phi) is 5.53. The molecule has 1 amide bonds. The molecule has 1 atom stereocenters. The van der Waals surface area contributed by atoms with E-state index in [0.29, 0.717) is 24.9 Å². The first-order valence-electron chi connectivity index (χ1n) is 8.31. The van der Waals surface area contributed by atoms with Gasteiger partial charge < -0.3 is 14.7 Å². The van der Waals surface area contributed by atoms with Crippen molar-refractivity contribution in [2.24, 2.45) is 0 Å². The molecule has 26 heavy (non-hydrogen) atoms. The zero-order chi connectivity index (χ0) is 19.7. The molecule has 1 aliphatic heterocycles. The number of carboxylic acids is 1. The number of amides is 1. The molecule has 0 spiro atoms. The molecule has 1 aromatic carbocycles. The van der Waals surface area contributed by atoms with Crippen molar-refractivity contribution in [2.45, 2.75) is 51.3 Å². The molecule has 1 aromatic rings. The lowest BCUT2D eigenvalue weighted by Crippen LogP contribution is -2.42. The number of ether oxygens (including phenoxy) is 1. The maximum absolute atomic E-state index is 13.2. The Morgan fingerprint density at radius 2 is 1.88 bits per heavy atom. The largest absolute Gasteiger partial charge is 0.478 e. The Morgan fingerprint density at radius 3 is 2.42 bits per heavy atom. The Balaban J connectivity index is 2.25. The molecule has 2 rings (SSSR count). The van der Waals surface area contributed by atoms with Gasteiger partial charge >= 0.3 is 18.2 Å². The number of halogens is 3. The highest BCUT2D eigenvalue weighted by Gasteiger charge is 2.37. The quantitative estimate of drug-likeness (QED) is 0.828. The van der Waals surface area contributed by atoms with Gasteiger partial charge in [-0.2, -0.15) is 13.2 Å². The van der Waals surface area contributed by atoms with E-state index in [1.165, 1.54) is 11.0 Å². The summed E-state index contributed by atoms with van der Waals surface area (Å²) in [6.45, 7) is 5.94. The summed E-state index contributed by atoms with van der Waals surface area (Å²) >= 11 is 0. The standard InChI is InChI=1S/C18H22F3NO4/c1-17(2,3)26-16(25)22-8-4-5-12(10-22)11-6-7-13(15(23)24)14(9-11)18(19,20)21/h6-7,9,12H,4-5,8,10H2,1-3H3,(H,23,24). The summed E-state index contributed by atoms with van der Waals surface area (Å²) in [5.41, 5.74) is -2.23. The molecule has 1 aliphatic rings. The molecule has 1 unspecified atom stereocenters. The molecular formula is C18H22F3NO4. The number of carbonyl (C=O) groups excluding carboxylic acids is 1. The molecule has 1 saturated heterocycles. The zero-order valence-corrected chi connectivity index (χ0v) is 14.9. The van der Waals surface area contributed by atoms with Gasteiger partial charge in [0.2, 0.25) is 0 Å². The van der Waals surface area contributed by atoms with E-state index >= 15 is 0 Å². The topological polar surface area (TPSA) is 66.8 Å². The second-order valence-electron chi connectivity index (χ2n) is 7.37. The number of aromatic carboxylic acids is 1. The minimum Gasteiger partial charge on any atom is -0.478 e. The van der Waals surface area contributed by atoms with E-state index in [2.05, 4.69) is 0 Å². The number of piperidine rings is 1. The number of alkyl halides is 3. The highest BCUT2D eigenvalue weighted by atomic mass is 19.4. The Hall–Kier alpha value is -2.25. The number of hydrogen-bond donors (Lipinski definition) is 1. The first-order valence-corrected chi connectivity index (χ1v) is 8.31. The maximum atomic E-state index is 13.2. The fourth-order valence-corrected chi connectivity index (χ4v) is 2.98. The zero-order valence-electron chi connectivity index (χ0n) is 14.9. The van der Waals surface area contributed by atoms with Crippen molar-refractivity contribution in [3.63, 3.8) is 0 Å². The lowest BCUT2D eigenvalue weighted by Gasteiger charge is -2.34. The fourth-order valence-electron chi connectivity index (χ4n) is 2.98. The lowest BCUT2D eigenvalue weighted by atomic mass is 9.88. The average molecular weight is 373 g/mol. The second kappa shape index (κ2) is 7.17. The van der Waals surface area contributed by atoms with E-state index in [4.69, 9.17) is 9.84 Å². The number of benzene rings is 1. The third kappa shape index (κ3) is 4.89. The summed E-state index contributed by atoms with van der Waals surface area (Å²) in [4.78, 5) is 24.8. The van der Waals surface area contributed by atoms with Gasteiger partial charge in [-0.05, 0) is 51.3 Å². The van der Waals surface area contributed by atoms with Crippen molar-refractivity contribution < 1.29 is 32.6 Å². The van der Waals surface area contributed by atoms with Crippen molar-refractivity contribution in [3.8, 4) is 0 Å². The van der Waals surface area contributed by atoms with E-state index in [0.717, 1.165) is 12.1 Å². The van der Waals surface area contributed by atoms with E-state index < -0.39 is 35.0 Å². The molecule has 1 fully saturated rings. The molecule has 0 radical (unpaired) electrons. The molecule has 0 saturated carbocycles. The predicted molar refractivity (Wildman–Crippen MR) is 88.2 cm³/mol. The third-order valence-electron chi connectivity index (χ3n) is 4.12. The molecule has 0 aromatic heterocycles.